The Kier molecular flexibility index (Phi) is 6.03. The molecule has 0 aliphatic carbocycles. The summed E-state index contributed by atoms with van der Waals surface area (Å²) in [6, 6.07) is 26.7. The van der Waals surface area contributed by atoms with Gasteiger partial charge in [-0.3, -0.25) is 0 Å². The second kappa shape index (κ2) is 8.89. The van der Waals surface area contributed by atoms with Crippen LogP contribution in [0.2, 0.25) is 0 Å². The van der Waals surface area contributed by atoms with Gasteiger partial charge in [-0.1, -0.05) is 36.4 Å². The fraction of sp³-hybridized carbons (Fsp3) is 0.286. The smallest absolute Gasteiger partial charge is 0.0493 e. The molecular weight excluding hydrogens is 378 g/mol. The highest BCUT2D eigenvalue weighted by Crippen LogP contribution is 2.36. The highest BCUT2D eigenvalue weighted by atomic mass is 15.1. The van der Waals surface area contributed by atoms with Crippen molar-refractivity contribution in [2.24, 2.45) is 0 Å². The maximum absolute atomic E-state index is 3.70. The zero-order valence-corrected chi connectivity index (χ0v) is 19.3. The van der Waals surface area contributed by atoms with Crippen molar-refractivity contribution in [1.29, 1.82) is 0 Å². The average molecular weight is 412 g/mol. The van der Waals surface area contributed by atoms with Gasteiger partial charge in [-0.05, 0) is 79.2 Å². The lowest BCUT2D eigenvalue weighted by atomic mass is 9.85. The number of aromatic amines is 1. The van der Waals surface area contributed by atoms with Gasteiger partial charge in [0.2, 0.25) is 0 Å². The van der Waals surface area contributed by atoms with Gasteiger partial charge in [-0.2, -0.15) is 0 Å². The molecule has 1 aromatic heterocycles. The van der Waals surface area contributed by atoms with E-state index in [1.165, 1.54) is 44.7 Å². The number of hydrogen-bond acceptors (Lipinski definition) is 2. The van der Waals surface area contributed by atoms with Gasteiger partial charge >= 0.3 is 0 Å². The molecule has 0 radical (unpaired) electrons. The zero-order chi connectivity index (χ0) is 22.0. The van der Waals surface area contributed by atoms with Crippen molar-refractivity contribution in [3.63, 3.8) is 0 Å². The molecule has 4 rings (SSSR count). The number of nitrogens with zero attached hydrogens (tertiary/aromatic N) is 2. The van der Waals surface area contributed by atoms with Crippen molar-refractivity contribution in [2.45, 2.75) is 26.7 Å². The van der Waals surface area contributed by atoms with Crippen molar-refractivity contribution in [2.75, 3.05) is 37.0 Å². The molecule has 1 unspecified atom stereocenters. The Morgan fingerprint density at radius 1 is 0.806 bits per heavy atom. The predicted octanol–water partition coefficient (Wildman–Crippen LogP) is 6.57. The summed E-state index contributed by atoms with van der Waals surface area (Å²) < 4.78 is 0. The molecule has 0 saturated carbocycles. The first-order chi connectivity index (χ1) is 15.0. The second-order valence-corrected chi connectivity index (χ2v) is 8.44. The van der Waals surface area contributed by atoms with Gasteiger partial charge in [0.1, 0.15) is 0 Å². The van der Waals surface area contributed by atoms with Crippen LogP contribution in [0.3, 0.4) is 0 Å². The largest absolute Gasteiger partial charge is 0.378 e. The number of H-pyrrole nitrogens is 1. The van der Waals surface area contributed by atoms with Gasteiger partial charge in [0, 0.05) is 55.7 Å². The number of benzene rings is 3. The van der Waals surface area contributed by atoms with Crippen LogP contribution in [-0.2, 0) is 0 Å². The van der Waals surface area contributed by atoms with Crippen LogP contribution in [-0.4, -0.2) is 32.2 Å². The molecule has 0 amide bonds. The van der Waals surface area contributed by atoms with E-state index in [0.717, 1.165) is 13.1 Å². The summed E-state index contributed by atoms with van der Waals surface area (Å²) in [4.78, 5) is 8.24. The van der Waals surface area contributed by atoms with Crippen molar-refractivity contribution in [3.05, 3.63) is 95.2 Å². The molecule has 31 heavy (non-hydrogen) atoms. The molecule has 0 aliphatic rings. The summed E-state index contributed by atoms with van der Waals surface area (Å²) in [5.74, 6) is 0.161. The predicted molar refractivity (Wildman–Crippen MR) is 135 cm³/mol. The minimum absolute atomic E-state index is 0.161. The zero-order valence-electron chi connectivity index (χ0n) is 19.3. The van der Waals surface area contributed by atoms with Crippen LogP contribution in [0.4, 0.5) is 11.4 Å². The first-order valence-electron chi connectivity index (χ1n) is 11.2. The lowest BCUT2D eigenvalue weighted by molar-refractivity contribution is 0.861. The highest BCUT2D eigenvalue weighted by Gasteiger charge is 2.21. The van der Waals surface area contributed by atoms with Gasteiger partial charge in [0.25, 0.3) is 0 Å². The number of nitrogens with one attached hydrogen (secondary N) is 1. The van der Waals surface area contributed by atoms with Gasteiger partial charge in [-0.25, -0.2) is 0 Å². The standard InChI is InChI=1S/C28H33N3/c1-6-31(7-2)24-16-17-25(20(3)18-24)28(21-12-14-23(15-13-21)30(4)5)27-19-22-10-8-9-11-26(22)29-27/h8-19,28-29H,6-7H2,1-5H3. The molecule has 0 bridgehead atoms. The Bertz CT molecular complexity index is 1120. The van der Waals surface area contributed by atoms with Crippen LogP contribution < -0.4 is 9.80 Å². The topological polar surface area (TPSA) is 22.3 Å². The third kappa shape index (κ3) is 4.18. The van der Waals surface area contributed by atoms with E-state index in [0.29, 0.717) is 0 Å². The number of rotatable bonds is 7. The minimum atomic E-state index is 0.161. The fourth-order valence-electron chi connectivity index (χ4n) is 4.51. The van der Waals surface area contributed by atoms with Gasteiger partial charge in [0.15, 0.2) is 0 Å². The highest BCUT2D eigenvalue weighted by molar-refractivity contribution is 5.81. The Morgan fingerprint density at radius 2 is 1.48 bits per heavy atom. The molecule has 3 nitrogen and oxygen atoms in total. The number of fused-ring (bicyclic) bond motifs is 1. The first-order valence-corrected chi connectivity index (χ1v) is 11.2. The first kappa shape index (κ1) is 21.0. The minimum Gasteiger partial charge on any atom is -0.378 e. The van der Waals surface area contributed by atoms with E-state index in [1.807, 2.05) is 0 Å². The van der Waals surface area contributed by atoms with Crippen molar-refractivity contribution < 1.29 is 0 Å². The average Bonchev–Trinajstić information content (AvgIpc) is 3.20. The Balaban J connectivity index is 1.84. The van der Waals surface area contributed by atoms with Gasteiger partial charge < -0.3 is 14.8 Å². The Morgan fingerprint density at radius 3 is 2.10 bits per heavy atom. The number of aryl methyl sites for hydroxylation is 1. The third-order valence-electron chi connectivity index (χ3n) is 6.30. The SMILES string of the molecule is CCN(CC)c1ccc(C(c2ccc(N(C)C)cc2)c2cc3ccccc3[nH]2)c(C)c1. The lowest BCUT2D eigenvalue weighted by Crippen LogP contribution is -2.22. The number of para-hydroxylation sites is 1. The van der Waals surface area contributed by atoms with Crippen LogP contribution in [0.15, 0.2) is 72.8 Å². The number of aromatic nitrogens is 1. The van der Waals surface area contributed by atoms with Gasteiger partial charge in [0.05, 0.1) is 0 Å². The van der Waals surface area contributed by atoms with E-state index in [1.54, 1.807) is 0 Å². The maximum Gasteiger partial charge on any atom is 0.0493 e. The quantitative estimate of drug-likeness (QED) is 0.372. The maximum atomic E-state index is 3.70. The molecule has 3 aromatic carbocycles. The fourth-order valence-corrected chi connectivity index (χ4v) is 4.51. The monoisotopic (exact) mass is 411 g/mol. The van der Waals surface area contributed by atoms with Crippen LogP contribution >= 0.6 is 0 Å². The number of hydrogen-bond donors (Lipinski definition) is 1. The molecule has 0 saturated heterocycles. The molecule has 1 heterocycles. The normalized spacial score (nSPS) is 12.2. The molecular formula is C28H33N3. The van der Waals surface area contributed by atoms with Crippen LogP contribution in [0.5, 0.6) is 0 Å². The van der Waals surface area contributed by atoms with Crippen molar-refractivity contribution in [1.82, 2.24) is 4.98 Å². The van der Waals surface area contributed by atoms with Crippen LogP contribution in [0.25, 0.3) is 10.9 Å². The molecule has 3 heteroatoms. The van der Waals surface area contributed by atoms with E-state index >= 15 is 0 Å². The van der Waals surface area contributed by atoms with E-state index in [2.05, 4.69) is 122 Å². The Labute approximate surface area is 186 Å². The Hall–Kier alpha value is -3.20. The van der Waals surface area contributed by atoms with E-state index < -0.39 is 0 Å². The van der Waals surface area contributed by atoms with E-state index in [-0.39, 0.29) is 5.92 Å². The van der Waals surface area contributed by atoms with E-state index in [4.69, 9.17) is 0 Å². The second-order valence-electron chi connectivity index (χ2n) is 8.44. The number of anilines is 2. The molecule has 1 atom stereocenters. The third-order valence-corrected chi connectivity index (χ3v) is 6.30. The summed E-state index contributed by atoms with van der Waals surface area (Å²) >= 11 is 0. The lowest BCUT2D eigenvalue weighted by Gasteiger charge is -2.25. The molecule has 0 aliphatic heterocycles. The molecule has 1 N–H and O–H groups in total. The van der Waals surface area contributed by atoms with Crippen LogP contribution in [0, 0.1) is 6.92 Å². The van der Waals surface area contributed by atoms with Gasteiger partial charge in [-0.15, -0.1) is 0 Å². The molecule has 0 spiro atoms. The van der Waals surface area contributed by atoms with E-state index in [9.17, 15) is 0 Å². The summed E-state index contributed by atoms with van der Waals surface area (Å²) in [6.45, 7) is 8.71. The summed E-state index contributed by atoms with van der Waals surface area (Å²) in [5, 5.41) is 1.25. The molecule has 160 valence electrons. The summed E-state index contributed by atoms with van der Waals surface area (Å²) in [6.07, 6.45) is 0. The van der Waals surface area contributed by atoms with Crippen molar-refractivity contribution in [3.8, 4) is 0 Å². The summed E-state index contributed by atoms with van der Waals surface area (Å²) in [5.41, 5.74) is 8.90. The molecule has 0 fully saturated rings. The van der Waals surface area contributed by atoms with Crippen LogP contribution in [0.1, 0.15) is 42.1 Å². The van der Waals surface area contributed by atoms with Crippen molar-refractivity contribution >= 4 is 22.3 Å². The molecule has 4 aromatic rings. The summed E-state index contributed by atoms with van der Waals surface area (Å²) in [7, 11) is 4.17.